The Balaban J connectivity index is 1.82. The number of aryl methyl sites for hydroxylation is 1. The largest absolute Gasteiger partial charge is 0.387 e. The fourth-order valence-electron chi connectivity index (χ4n) is 3.45. The van der Waals surface area contributed by atoms with Crippen LogP contribution in [0.3, 0.4) is 0 Å². The number of nitrogens with one attached hydrogen (secondary N) is 1. The molecule has 134 valence electrons. The lowest BCUT2D eigenvalue weighted by Gasteiger charge is -2.23. The van der Waals surface area contributed by atoms with Gasteiger partial charge in [-0.25, -0.2) is 13.4 Å². The van der Waals surface area contributed by atoms with E-state index in [0.29, 0.717) is 18.0 Å². The maximum Gasteiger partial charge on any atom is 0.180 e. The third-order valence-electron chi connectivity index (χ3n) is 4.84. The predicted octanol–water partition coefficient (Wildman–Crippen LogP) is 3.38. The lowest BCUT2D eigenvalue weighted by molar-refractivity contribution is 0.596. The van der Waals surface area contributed by atoms with E-state index >= 15 is 0 Å². The van der Waals surface area contributed by atoms with Crippen LogP contribution in [0.2, 0.25) is 0 Å². The monoisotopic (exact) mass is 367 g/mol. The summed E-state index contributed by atoms with van der Waals surface area (Å²) in [6.07, 6.45) is 0. The number of pyridine rings is 1. The summed E-state index contributed by atoms with van der Waals surface area (Å²) in [4.78, 5) is 7.28. The van der Waals surface area contributed by atoms with E-state index in [2.05, 4.69) is 18.3 Å². The Morgan fingerprint density at radius 1 is 1.12 bits per heavy atom. The summed E-state index contributed by atoms with van der Waals surface area (Å²) < 4.78 is 25.2. The van der Waals surface area contributed by atoms with Crippen LogP contribution in [0.25, 0.3) is 10.9 Å². The molecule has 2 heterocycles. The van der Waals surface area contributed by atoms with Crippen LogP contribution in [-0.2, 0) is 16.4 Å². The second-order valence-electron chi connectivity index (χ2n) is 6.65. The molecule has 0 saturated heterocycles. The second kappa shape index (κ2) is 6.29. The summed E-state index contributed by atoms with van der Waals surface area (Å²) in [7, 11) is -1.38. The minimum Gasteiger partial charge on any atom is -0.387 e. The predicted molar refractivity (Wildman–Crippen MR) is 106 cm³/mol. The lowest BCUT2D eigenvalue weighted by Crippen LogP contribution is -2.26. The molecular weight excluding hydrogens is 346 g/mol. The lowest BCUT2D eigenvalue weighted by atomic mass is 10.1. The van der Waals surface area contributed by atoms with Gasteiger partial charge in [0.25, 0.3) is 0 Å². The van der Waals surface area contributed by atoms with E-state index in [9.17, 15) is 8.42 Å². The molecule has 0 atom stereocenters. The molecule has 3 aromatic rings. The highest BCUT2D eigenvalue weighted by Gasteiger charge is 2.26. The molecule has 0 fully saturated rings. The summed E-state index contributed by atoms with van der Waals surface area (Å²) in [6.45, 7) is 3.01. The molecule has 0 amide bonds. The molecular formula is C20H21N3O2S. The van der Waals surface area contributed by atoms with Gasteiger partial charge < -0.3 is 10.2 Å². The van der Waals surface area contributed by atoms with Gasteiger partial charge in [0, 0.05) is 37.3 Å². The van der Waals surface area contributed by atoms with Crippen molar-refractivity contribution < 1.29 is 8.42 Å². The van der Waals surface area contributed by atoms with Crippen molar-refractivity contribution in [3.63, 3.8) is 0 Å². The van der Waals surface area contributed by atoms with Crippen molar-refractivity contribution in [2.24, 2.45) is 0 Å². The average molecular weight is 367 g/mol. The Morgan fingerprint density at radius 3 is 2.73 bits per heavy atom. The number of fused-ring (bicyclic) bond motifs is 2. The molecule has 6 heteroatoms. The molecule has 1 aliphatic rings. The SMILES string of the molecule is CNc1cc(N2CCS(=O)(=O)c3ccccc3C2)nc2ccc(C)cc12. The number of aromatic nitrogens is 1. The fraction of sp³-hybridized carbons (Fsp3) is 0.250. The minimum atomic E-state index is -3.27. The van der Waals surface area contributed by atoms with Crippen LogP contribution in [0.1, 0.15) is 11.1 Å². The molecule has 1 aromatic heterocycles. The number of sulfone groups is 1. The number of benzene rings is 2. The van der Waals surface area contributed by atoms with Gasteiger partial charge >= 0.3 is 0 Å². The maximum atomic E-state index is 12.6. The first-order chi connectivity index (χ1) is 12.5. The summed E-state index contributed by atoms with van der Waals surface area (Å²) >= 11 is 0. The van der Waals surface area contributed by atoms with Crippen LogP contribution in [0.4, 0.5) is 11.5 Å². The topological polar surface area (TPSA) is 62.3 Å². The van der Waals surface area contributed by atoms with Crippen LogP contribution in [0.5, 0.6) is 0 Å². The summed E-state index contributed by atoms with van der Waals surface area (Å²) in [5.74, 6) is 0.879. The second-order valence-corrected chi connectivity index (χ2v) is 8.72. The van der Waals surface area contributed by atoms with Crippen molar-refractivity contribution in [2.45, 2.75) is 18.4 Å². The molecule has 1 aliphatic heterocycles. The van der Waals surface area contributed by atoms with E-state index in [1.165, 1.54) is 5.56 Å². The summed E-state index contributed by atoms with van der Waals surface area (Å²) in [6, 6.07) is 15.4. The molecule has 0 aliphatic carbocycles. The van der Waals surface area contributed by atoms with Gasteiger partial charge in [0.05, 0.1) is 16.2 Å². The molecule has 5 nitrogen and oxygen atoms in total. The molecule has 4 rings (SSSR count). The molecule has 0 radical (unpaired) electrons. The highest BCUT2D eigenvalue weighted by atomic mass is 32.2. The highest BCUT2D eigenvalue weighted by molar-refractivity contribution is 7.91. The van der Waals surface area contributed by atoms with Crippen molar-refractivity contribution >= 4 is 32.2 Å². The zero-order valence-electron chi connectivity index (χ0n) is 14.9. The third-order valence-corrected chi connectivity index (χ3v) is 6.63. The van der Waals surface area contributed by atoms with Crippen LogP contribution in [0, 0.1) is 6.92 Å². The van der Waals surface area contributed by atoms with E-state index in [-0.39, 0.29) is 5.75 Å². The number of hydrogen-bond acceptors (Lipinski definition) is 5. The van der Waals surface area contributed by atoms with Gasteiger partial charge in [0.2, 0.25) is 0 Å². The van der Waals surface area contributed by atoms with Crippen molar-refractivity contribution in [3.05, 3.63) is 59.7 Å². The van der Waals surface area contributed by atoms with E-state index in [4.69, 9.17) is 4.98 Å². The van der Waals surface area contributed by atoms with E-state index < -0.39 is 9.84 Å². The van der Waals surface area contributed by atoms with Crippen molar-refractivity contribution in [1.82, 2.24) is 4.98 Å². The Morgan fingerprint density at radius 2 is 1.92 bits per heavy atom. The summed E-state index contributed by atoms with van der Waals surface area (Å²) in [5.41, 5.74) is 3.90. The zero-order chi connectivity index (χ0) is 18.3. The highest BCUT2D eigenvalue weighted by Crippen LogP contribution is 2.30. The quantitative estimate of drug-likeness (QED) is 0.752. The molecule has 0 spiro atoms. The van der Waals surface area contributed by atoms with Crippen LogP contribution in [0.15, 0.2) is 53.4 Å². The molecule has 0 saturated carbocycles. The van der Waals surface area contributed by atoms with Crippen LogP contribution in [-0.4, -0.2) is 32.7 Å². The van der Waals surface area contributed by atoms with Crippen molar-refractivity contribution in [2.75, 3.05) is 29.6 Å². The van der Waals surface area contributed by atoms with Crippen molar-refractivity contribution in [1.29, 1.82) is 0 Å². The Labute approximate surface area is 153 Å². The number of rotatable bonds is 2. The number of nitrogens with zero attached hydrogens (tertiary/aromatic N) is 2. The van der Waals surface area contributed by atoms with Gasteiger partial charge in [-0.2, -0.15) is 0 Å². The van der Waals surface area contributed by atoms with Gasteiger partial charge in [-0.05, 0) is 30.7 Å². The van der Waals surface area contributed by atoms with E-state index in [0.717, 1.165) is 28.0 Å². The molecule has 1 N–H and O–H groups in total. The van der Waals surface area contributed by atoms with E-state index in [1.807, 2.05) is 42.3 Å². The van der Waals surface area contributed by atoms with Gasteiger partial charge in [0.15, 0.2) is 9.84 Å². The number of hydrogen-bond donors (Lipinski definition) is 1. The van der Waals surface area contributed by atoms with Gasteiger partial charge in [-0.15, -0.1) is 0 Å². The fourth-order valence-corrected chi connectivity index (χ4v) is 4.95. The standard InChI is InChI=1S/C20H21N3O2S/c1-14-7-8-17-16(11-14)18(21-2)12-20(22-17)23-9-10-26(24,25)19-6-4-3-5-15(19)13-23/h3-8,11-12H,9-10,13H2,1-2H3,(H,21,22). The summed E-state index contributed by atoms with van der Waals surface area (Å²) in [5, 5.41) is 4.31. The number of anilines is 2. The zero-order valence-corrected chi connectivity index (χ0v) is 15.7. The molecule has 2 aromatic carbocycles. The normalized spacial score (nSPS) is 16.2. The molecule has 0 bridgehead atoms. The van der Waals surface area contributed by atoms with E-state index in [1.54, 1.807) is 12.1 Å². The minimum absolute atomic E-state index is 0.0898. The maximum absolute atomic E-state index is 12.6. The third kappa shape index (κ3) is 2.90. The first kappa shape index (κ1) is 16.8. The van der Waals surface area contributed by atoms with Crippen LogP contribution >= 0.6 is 0 Å². The molecule has 0 unspecified atom stereocenters. The smallest absolute Gasteiger partial charge is 0.180 e. The first-order valence-corrected chi connectivity index (χ1v) is 10.3. The average Bonchev–Trinajstić information content (AvgIpc) is 2.77. The Hall–Kier alpha value is -2.60. The molecule has 26 heavy (non-hydrogen) atoms. The van der Waals surface area contributed by atoms with Gasteiger partial charge in [-0.3, -0.25) is 0 Å². The van der Waals surface area contributed by atoms with Crippen LogP contribution < -0.4 is 10.2 Å². The Kier molecular flexibility index (Phi) is 4.07. The van der Waals surface area contributed by atoms with Crippen molar-refractivity contribution in [3.8, 4) is 0 Å². The Bertz CT molecular complexity index is 1090. The van der Waals surface area contributed by atoms with Gasteiger partial charge in [-0.1, -0.05) is 29.8 Å². The first-order valence-electron chi connectivity index (χ1n) is 8.63. The van der Waals surface area contributed by atoms with Gasteiger partial charge in [0.1, 0.15) is 5.82 Å².